The van der Waals surface area contributed by atoms with Gasteiger partial charge >= 0.3 is 0 Å². The van der Waals surface area contributed by atoms with Crippen molar-refractivity contribution in [3.8, 4) is 0 Å². The third-order valence-electron chi connectivity index (χ3n) is 3.02. The molecular weight excluding hydrogens is 416 g/mol. The Morgan fingerprint density at radius 1 is 1.52 bits per heavy atom. The smallest absolute Gasteiger partial charge is 0.294 e. The van der Waals surface area contributed by atoms with Crippen LogP contribution in [0.2, 0.25) is 0 Å². The van der Waals surface area contributed by atoms with Crippen LogP contribution in [0.15, 0.2) is 12.1 Å². The lowest BCUT2D eigenvalue weighted by Gasteiger charge is -2.28. The van der Waals surface area contributed by atoms with E-state index in [0.29, 0.717) is 21.1 Å². The quantitative estimate of drug-likeness (QED) is 0.537. The number of hydrogen-bond acceptors (Lipinski definition) is 5. The average molecular weight is 429 g/mol. The van der Waals surface area contributed by atoms with Crippen molar-refractivity contribution in [2.45, 2.75) is 12.5 Å². The molecule has 1 aromatic carbocycles. The van der Waals surface area contributed by atoms with Gasteiger partial charge in [0.15, 0.2) is 6.10 Å². The summed E-state index contributed by atoms with van der Waals surface area (Å²) in [6, 6.07) is 2.66. The Morgan fingerprint density at radius 2 is 2.19 bits per heavy atom. The lowest BCUT2D eigenvalue weighted by Crippen LogP contribution is -2.40. The molecule has 0 bridgehead atoms. The number of hydrogen-bond donors (Lipinski definition) is 0. The fourth-order valence-corrected chi connectivity index (χ4v) is 3.62. The average Bonchev–Trinajstić information content (AvgIpc) is 2.41. The second kappa shape index (κ2) is 6.15. The van der Waals surface area contributed by atoms with Crippen LogP contribution in [0.5, 0.6) is 0 Å². The molecule has 2 rings (SSSR count). The van der Waals surface area contributed by atoms with Crippen LogP contribution < -0.4 is 0 Å². The molecule has 0 N–H and O–H groups in total. The van der Waals surface area contributed by atoms with Gasteiger partial charge < -0.3 is 4.74 Å². The van der Waals surface area contributed by atoms with E-state index in [1.165, 1.54) is 12.1 Å². The van der Waals surface area contributed by atoms with Crippen LogP contribution in [-0.4, -0.2) is 38.8 Å². The second-order valence-corrected chi connectivity index (χ2v) is 7.32. The number of halogens is 2. The van der Waals surface area contributed by atoms with Gasteiger partial charge in [-0.3, -0.25) is 9.63 Å². The van der Waals surface area contributed by atoms with Gasteiger partial charge in [0, 0.05) is 0 Å². The zero-order valence-electron chi connectivity index (χ0n) is 11.3. The van der Waals surface area contributed by atoms with E-state index in [1.807, 2.05) is 22.6 Å². The molecule has 0 aliphatic carbocycles. The van der Waals surface area contributed by atoms with Gasteiger partial charge in [0.1, 0.15) is 5.82 Å². The van der Waals surface area contributed by atoms with Crippen molar-refractivity contribution in [1.29, 1.82) is 0 Å². The summed E-state index contributed by atoms with van der Waals surface area (Å²) < 4.78 is 42.7. The Kier molecular flexibility index (Phi) is 4.85. The van der Waals surface area contributed by atoms with Gasteiger partial charge in [0.2, 0.25) is 0 Å². The number of nitrogens with zero attached hydrogens (tertiary/aromatic N) is 1. The van der Waals surface area contributed by atoms with E-state index in [4.69, 9.17) is 4.74 Å². The Hall–Kier alpha value is -0.780. The number of ether oxygens (including phenoxy) is 1. The SMILES string of the molecule is CON(C(=O)C1OCCc2c1ccc(F)c2I)S(C)(=O)=O. The summed E-state index contributed by atoms with van der Waals surface area (Å²) in [5.41, 5.74) is 1.12. The standard InChI is InChI=1S/C12H13FINO5S/c1-19-15(21(2,17)18)12(16)11-8-3-4-9(13)10(14)7(8)5-6-20-11/h3-4,11H,5-6H2,1-2H3. The van der Waals surface area contributed by atoms with Crippen molar-refractivity contribution in [2.24, 2.45) is 0 Å². The minimum absolute atomic E-state index is 0.199. The van der Waals surface area contributed by atoms with Crippen LogP contribution in [-0.2, 0) is 30.8 Å². The van der Waals surface area contributed by atoms with Crippen molar-refractivity contribution >= 4 is 38.5 Å². The molecule has 21 heavy (non-hydrogen) atoms. The predicted octanol–water partition coefficient (Wildman–Crippen LogP) is 1.39. The highest BCUT2D eigenvalue weighted by Gasteiger charge is 2.36. The first-order valence-corrected chi connectivity index (χ1v) is 8.86. The summed E-state index contributed by atoms with van der Waals surface area (Å²) >= 11 is 1.86. The van der Waals surface area contributed by atoms with E-state index >= 15 is 0 Å². The first kappa shape index (κ1) is 16.6. The first-order valence-electron chi connectivity index (χ1n) is 5.94. The number of amides is 1. The van der Waals surface area contributed by atoms with Crippen LogP contribution in [0, 0.1) is 9.39 Å². The van der Waals surface area contributed by atoms with Crippen molar-refractivity contribution in [2.75, 3.05) is 20.0 Å². The van der Waals surface area contributed by atoms with Gasteiger partial charge in [0.05, 0.1) is 23.5 Å². The Labute approximate surface area is 135 Å². The summed E-state index contributed by atoms with van der Waals surface area (Å²) in [6.07, 6.45) is 0.186. The molecule has 0 spiro atoms. The number of benzene rings is 1. The van der Waals surface area contributed by atoms with Gasteiger partial charge in [-0.25, -0.2) is 12.8 Å². The monoisotopic (exact) mass is 429 g/mol. The highest BCUT2D eigenvalue weighted by atomic mass is 127. The van der Waals surface area contributed by atoms with E-state index in [0.717, 1.165) is 13.4 Å². The minimum Gasteiger partial charge on any atom is -0.363 e. The van der Waals surface area contributed by atoms with Crippen LogP contribution in [0.1, 0.15) is 17.2 Å². The van der Waals surface area contributed by atoms with Gasteiger partial charge in [-0.15, -0.1) is 4.47 Å². The normalized spacial score (nSPS) is 18.2. The Bertz CT molecular complexity index is 678. The highest BCUT2D eigenvalue weighted by Crippen LogP contribution is 2.33. The molecule has 6 nitrogen and oxygen atoms in total. The van der Waals surface area contributed by atoms with Crippen LogP contribution >= 0.6 is 22.6 Å². The molecule has 1 aliphatic rings. The molecule has 0 fully saturated rings. The number of rotatable bonds is 3. The fourth-order valence-electron chi connectivity index (χ4n) is 2.16. The molecule has 0 saturated heterocycles. The molecule has 1 heterocycles. The molecule has 1 aromatic rings. The van der Waals surface area contributed by atoms with E-state index in [9.17, 15) is 17.6 Å². The summed E-state index contributed by atoms with van der Waals surface area (Å²) in [5, 5.41) is 0. The fraction of sp³-hybridized carbons (Fsp3) is 0.417. The van der Waals surface area contributed by atoms with E-state index in [-0.39, 0.29) is 16.9 Å². The first-order chi connectivity index (χ1) is 9.77. The molecule has 9 heteroatoms. The molecule has 116 valence electrons. The second-order valence-electron chi connectivity index (χ2n) is 4.44. The summed E-state index contributed by atoms with van der Waals surface area (Å²) in [5.74, 6) is -1.24. The van der Waals surface area contributed by atoms with Crippen LogP contribution in [0.3, 0.4) is 0 Å². The van der Waals surface area contributed by atoms with Gasteiger partial charge in [-0.05, 0) is 46.2 Å². The van der Waals surface area contributed by atoms with E-state index in [2.05, 4.69) is 4.84 Å². The zero-order valence-corrected chi connectivity index (χ0v) is 14.3. The van der Waals surface area contributed by atoms with Crippen LogP contribution in [0.25, 0.3) is 0 Å². The molecule has 0 aromatic heterocycles. The zero-order chi connectivity index (χ0) is 15.8. The number of sulfonamides is 1. The van der Waals surface area contributed by atoms with Gasteiger partial charge in [-0.2, -0.15) is 0 Å². The topological polar surface area (TPSA) is 72.9 Å². The number of carbonyl (C=O) groups excluding carboxylic acids is 1. The molecule has 1 aliphatic heterocycles. The number of hydroxylamine groups is 1. The van der Waals surface area contributed by atoms with E-state index < -0.39 is 22.0 Å². The van der Waals surface area contributed by atoms with Crippen LogP contribution in [0.4, 0.5) is 4.39 Å². The van der Waals surface area contributed by atoms with Crippen molar-refractivity contribution in [3.05, 3.63) is 32.6 Å². The highest BCUT2D eigenvalue weighted by molar-refractivity contribution is 14.1. The van der Waals surface area contributed by atoms with Gasteiger partial charge in [0.25, 0.3) is 15.9 Å². The molecule has 1 atom stereocenters. The summed E-state index contributed by atoms with van der Waals surface area (Å²) in [7, 11) is -2.80. The maximum atomic E-state index is 13.6. The van der Waals surface area contributed by atoms with Crippen molar-refractivity contribution in [1.82, 2.24) is 4.47 Å². The molecule has 0 radical (unpaired) electrons. The maximum absolute atomic E-state index is 13.6. The van der Waals surface area contributed by atoms with Crippen molar-refractivity contribution < 1.29 is 27.2 Å². The van der Waals surface area contributed by atoms with Gasteiger partial charge in [-0.1, -0.05) is 6.07 Å². The molecular formula is C12H13FINO5S. The lowest BCUT2D eigenvalue weighted by atomic mass is 9.97. The Balaban J connectivity index is 2.45. The minimum atomic E-state index is -3.88. The number of carbonyl (C=O) groups is 1. The van der Waals surface area contributed by atoms with E-state index in [1.54, 1.807) is 0 Å². The molecule has 1 amide bonds. The predicted molar refractivity (Wildman–Crippen MR) is 80.2 cm³/mol. The third kappa shape index (κ3) is 3.20. The Morgan fingerprint density at radius 3 is 2.76 bits per heavy atom. The largest absolute Gasteiger partial charge is 0.363 e. The van der Waals surface area contributed by atoms with Crippen molar-refractivity contribution in [3.63, 3.8) is 0 Å². The summed E-state index contributed by atoms with van der Waals surface area (Å²) in [6.45, 7) is 0.199. The maximum Gasteiger partial charge on any atom is 0.294 e. The molecule has 0 saturated carbocycles. The molecule has 1 unspecified atom stereocenters. The summed E-state index contributed by atoms with van der Waals surface area (Å²) in [4.78, 5) is 17.0. The third-order valence-corrected chi connectivity index (χ3v) is 5.12. The lowest BCUT2D eigenvalue weighted by molar-refractivity contribution is -0.166. The number of fused-ring (bicyclic) bond motifs is 1.